The number of rotatable bonds is 12. The fraction of sp³-hybridized carbons (Fsp3) is 0.280. The third kappa shape index (κ3) is 6.05. The average Bonchev–Trinajstić information content (AvgIpc) is 3.34. The molecule has 0 aliphatic carbocycles. The Morgan fingerprint density at radius 2 is 1.95 bits per heavy atom. The molecule has 12 heteroatoms. The topological polar surface area (TPSA) is 157 Å². The van der Waals surface area contributed by atoms with Gasteiger partial charge in [0.2, 0.25) is 11.7 Å². The fourth-order valence-corrected chi connectivity index (χ4v) is 3.55. The molecule has 0 spiro atoms. The maximum absolute atomic E-state index is 12.2. The van der Waals surface area contributed by atoms with Crippen LogP contribution in [0.1, 0.15) is 28.3 Å². The molecule has 3 N–H and O–H groups in total. The number of carbonyl (C=O) groups is 1. The molecule has 4 aromatic rings. The molecular weight excluding hydrogens is 478 g/mol. The normalized spacial score (nSPS) is 11.7. The van der Waals surface area contributed by atoms with Crippen LogP contribution in [0, 0.1) is 5.41 Å². The fourth-order valence-electron chi connectivity index (χ4n) is 3.55. The van der Waals surface area contributed by atoms with Gasteiger partial charge < -0.3 is 24.6 Å². The minimum absolute atomic E-state index is 0.0366. The van der Waals surface area contributed by atoms with Gasteiger partial charge in [0.05, 0.1) is 11.3 Å². The number of pyridine rings is 1. The van der Waals surface area contributed by atoms with Gasteiger partial charge in [-0.05, 0) is 24.6 Å². The van der Waals surface area contributed by atoms with Crippen LogP contribution in [0.15, 0.2) is 54.4 Å². The lowest BCUT2D eigenvalue weighted by molar-refractivity contribution is 0.0948. The van der Waals surface area contributed by atoms with Crippen LogP contribution in [0.25, 0.3) is 16.4 Å². The molecule has 0 saturated heterocycles. The quantitative estimate of drug-likeness (QED) is 0.149. The van der Waals surface area contributed by atoms with Crippen molar-refractivity contribution < 1.29 is 24.1 Å². The molecule has 1 amide bonds. The van der Waals surface area contributed by atoms with Crippen molar-refractivity contribution in [1.82, 2.24) is 30.1 Å². The molecule has 192 valence electrons. The Hall–Kier alpha value is -4.42. The summed E-state index contributed by atoms with van der Waals surface area (Å²) in [6, 6.07) is 10.8. The van der Waals surface area contributed by atoms with Gasteiger partial charge in [0.25, 0.3) is 5.91 Å². The molecule has 0 unspecified atom stereocenters. The van der Waals surface area contributed by atoms with Crippen LogP contribution in [0.3, 0.4) is 0 Å². The van der Waals surface area contributed by atoms with E-state index < -0.39 is 0 Å². The Morgan fingerprint density at radius 3 is 2.68 bits per heavy atom. The van der Waals surface area contributed by atoms with E-state index in [4.69, 9.17) is 19.6 Å². The maximum atomic E-state index is 12.2. The summed E-state index contributed by atoms with van der Waals surface area (Å²) in [5.41, 5.74) is 1.41. The summed E-state index contributed by atoms with van der Waals surface area (Å²) >= 11 is 0. The summed E-state index contributed by atoms with van der Waals surface area (Å²) in [5, 5.41) is 35.3. The molecule has 12 nitrogen and oxygen atoms in total. The van der Waals surface area contributed by atoms with Crippen molar-refractivity contribution in [3.05, 3.63) is 71.5 Å². The summed E-state index contributed by atoms with van der Waals surface area (Å²) < 4.78 is 17.3. The van der Waals surface area contributed by atoms with E-state index in [1.807, 2.05) is 24.3 Å². The van der Waals surface area contributed by atoms with Gasteiger partial charge in [-0.15, -0.1) is 15.3 Å². The number of ether oxygens (including phenoxy) is 3. The number of nitrogens with one attached hydrogen (secondary N) is 2. The van der Waals surface area contributed by atoms with E-state index >= 15 is 0 Å². The average molecular weight is 506 g/mol. The van der Waals surface area contributed by atoms with E-state index in [1.54, 1.807) is 19.2 Å². The molecule has 0 fully saturated rings. The van der Waals surface area contributed by atoms with E-state index in [1.165, 1.54) is 23.9 Å². The SMILES string of the molecule is COCCCNC(=O)c1ccc(COc2nn3c(C(=N)/C=C(\O)COC)nnc3c3ccccc23)nc1. The van der Waals surface area contributed by atoms with Crippen LogP contribution in [0.5, 0.6) is 5.88 Å². The number of aromatic nitrogens is 5. The van der Waals surface area contributed by atoms with Crippen molar-refractivity contribution in [2.45, 2.75) is 13.0 Å². The van der Waals surface area contributed by atoms with E-state index in [0.29, 0.717) is 41.3 Å². The number of amides is 1. The highest BCUT2D eigenvalue weighted by Crippen LogP contribution is 2.27. The standard InChI is InChI=1S/C25H27N7O5/c1-35-11-5-10-27-24(34)16-8-9-17(28-13-16)14-37-25-20-7-4-3-6-19(20)22-29-30-23(32(22)31-25)21(26)12-18(33)15-36-2/h3-4,6-9,12-13,26,33H,5,10-11,14-15H2,1-2H3,(H,27,34)/b18-12-,26-21?. The van der Waals surface area contributed by atoms with Crippen LogP contribution in [0.2, 0.25) is 0 Å². The van der Waals surface area contributed by atoms with Crippen molar-refractivity contribution in [1.29, 1.82) is 5.41 Å². The third-order valence-electron chi connectivity index (χ3n) is 5.33. The monoisotopic (exact) mass is 505 g/mol. The number of methoxy groups -OCH3 is 2. The van der Waals surface area contributed by atoms with Gasteiger partial charge in [0, 0.05) is 50.4 Å². The number of hydrogen-bond acceptors (Lipinski definition) is 10. The van der Waals surface area contributed by atoms with Gasteiger partial charge in [-0.25, -0.2) is 0 Å². The number of benzene rings is 1. The molecule has 0 radical (unpaired) electrons. The molecule has 1 aromatic carbocycles. The molecule has 0 aliphatic heterocycles. The van der Waals surface area contributed by atoms with Gasteiger partial charge >= 0.3 is 0 Å². The minimum atomic E-state index is -0.206. The molecule has 4 rings (SSSR count). The first kappa shape index (κ1) is 25.7. The lowest BCUT2D eigenvalue weighted by Crippen LogP contribution is -2.25. The highest BCUT2D eigenvalue weighted by molar-refractivity contribution is 6.05. The van der Waals surface area contributed by atoms with Crippen LogP contribution in [0.4, 0.5) is 0 Å². The molecule has 3 aromatic heterocycles. The number of aliphatic hydroxyl groups is 1. The maximum Gasteiger partial charge on any atom is 0.252 e. The van der Waals surface area contributed by atoms with Crippen LogP contribution < -0.4 is 10.1 Å². The Kier molecular flexibility index (Phi) is 8.33. The van der Waals surface area contributed by atoms with E-state index in [0.717, 1.165) is 11.8 Å². The zero-order valence-corrected chi connectivity index (χ0v) is 20.5. The number of hydrogen-bond donors (Lipinski definition) is 3. The number of allylic oxidation sites excluding steroid dienone is 1. The van der Waals surface area contributed by atoms with Crippen LogP contribution in [-0.2, 0) is 16.1 Å². The summed E-state index contributed by atoms with van der Waals surface area (Å²) in [7, 11) is 3.06. The molecule has 37 heavy (non-hydrogen) atoms. The second-order valence-corrected chi connectivity index (χ2v) is 8.02. The zero-order valence-electron chi connectivity index (χ0n) is 20.5. The van der Waals surface area contributed by atoms with Crippen molar-refractivity contribution >= 4 is 28.0 Å². The van der Waals surface area contributed by atoms with E-state index in [9.17, 15) is 9.90 Å². The Labute approximate surface area is 212 Å². The number of aliphatic hydroxyl groups excluding tert-OH is 1. The van der Waals surface area contributed by atoms with Gasteiger partial charge in [0.1, 0.15) is 24.7 Å². The minimum Gasteiger partial charge on any atom is -0.510 e. The highest BCUT2D eigenvalue weighted by Gasteiger charge is 2.17. The summed E-state index contributed by atoms with van der Waals surface area (Å²) in [6.07, 6.45) is 3.46. The summed E-state index contributed by atoms with van der Waals surface area (Å²) in [5.74, 6) is 0.0955. The summed E-state index contributed by atoms with van der Waals surface area (Å²) in [6.45, 7) is 1.16. The van der Waals surface area contributed by atoms with E-state index in [-0.39, 0.29) is 36.4 Å². The zero-order chi connectivity index (χ0) is 26.2. The predicted octanol–water partition coefficient (Wildman–Crippen LogP) is 2.47. The van der Waals surface area contributed by atoms with E-state index in [2.05, 4.69) is 25.6 Å². The number of fused-ring (bicyclic) bond motifs is 3. The largest absolute Gasteiger partial charge is 0.510 e. The van der Waals surface area contributed by atoms with Crippen LogP contribution in [-0.4, -0.2) is 75.5 Å². The van der Waals surface area contributed by atoms with Gasteiger partial charge in [0.15, 0.2) is 5.65 Å². The van der Waals surface area contributed by atoms with Crippen LogP contribution >= 0.6 is 0 Å². The van der Waals surface area contributed by atoms with Gasteiger partial charge in [-0.2, -0.15) is 4.52 Å². The van der Waals surface area contributed by atoms with Crippen molar-refractivity contribution in [3.63, 3.8) is 0 Å². The highest BCUT2D eigenvalue weighted by atomic mass is 16.5. The number of carbonyl (C=O) groups excluding carboxylic acids is 1. The first-order valence-electron chi connectivity index (χ1n) is 11.5. The summed E-state index contributed by atoms with van der Waals surface area (Å²) in [4.78, 5) is 16.6. The Morgan fingerprint density at radius 1 is 1.14 bits per heavy atom. The molecule has 0 atom stereocenters. The second-order valence-electron chi connectivity index (χ2n) is 8.02. The second kappa shape index (κ2) is 12.0. The first-order valence-corrected chi connectivity index (χ1v) is 11.5. The lowest BCUT2D eigenvalue weighted by Gasteiger charge is -2.10. The van der Waals surface area contributed by atoms with Gasteiger partial charge in [-0.1, -0.05) is 18.2 Å². The molecule has 3 heterocycles. The lowest BCUT2D eigenvalue weighted by atomic mass is 10.2. The van der Waals surface area contributed by atoms with Crippen molar-refractivity contribution in [2.24, 2.45) is 0 Å². The Bertz CT molecular complexity index is 1430. The molecule has 0 bridgehead atoms. The molecule has 0 saturated carbocycles. The number of nitrogens with zero attached hydrogens (tertiary/aromatic N) is 5. The first-order chi connectivity index (χ1) is 18.0. The van der Waals surface area contributed by atoms with Crippen molar-refractivity contribution in [2.75, 3.05) is 34.0 Å². The van der Waals surface area contributed by atoms with Crippen molar-refractivity contribution in [3.8, 4) is 5.88 Å². The van der Waals surface area contributed by atoms with Gasteiger partial charge in [-0.3, -0.25) is 15.2 Å². The Balaban J connectivity index is 1.55. The third-order valence-corrected chi connectivity index (χ3v) is 5.33. The predicted molar refractivity (Wildman–Crippen MR) is 135 cm³/mol. The molecular formula is C25H27N7O5. The smallest absolute Gasteiger partial charge is 0.252 e. The molecule has 0 aliphatic rings.